The maximum atomic E-state index is 12.5. The number of hydrogen-bond donors (Lipinski definition) is 1. The zero-order valence-corrected chi connectivity index (χ0v) is 15.6. The van der Waals surface area contributed by atoms with Gasteiger partial charge in [0.05, 0.1) is 23.4 Å². The Morgan fingerprint density at radius 1 is 1.32 bits per heavy atom. The molecule has 2 saturated heterocycles. The second-order valence-electron chi connectivity index (χ2n) is 6.83. The lowest BCUT2D eigenvalue weighted by Crippen LogP contribution is -2.47. The molecule has 0 aromatic carbocycles. The summed E-state index contributed by atoms with van der Waals surface area (Å²) in [6, 6.07) is 0. The van der Waals surface area contributed by atoms with Crippen LogP contribution in [0.1, 0.15) is 37.2 Å². The summed E-state index contributed by atoms with van der Waals surface area (Å²) in [7, 11) is 0. The Kier molecular flexibility index (Phi) is 6.09. The number of hydrogen-bond acceptors (Lipinski definition) is 6. The third-order valence-corrected chi connectivity index (χ3v) is 4.82. The van der Waals surface area contributed by atoms with E-state index in [0.717, 1.165) is 45.6 Å². The molecule has 3 rings (SSSR count). The van der Waals surface area contributed by atoms with Crippen molar-refractivity contribution in [2.75, 3.05) is 44.2 Å². The summed E-state index contributed by atoms with van der Waals surface area (Å²) in [5.74, 6) is 0.338. The van der Waals surface area contributed by atoms with Gasteiger partial charge in [-0.15, -0.1) is 0 Å². The summed E-state index contributed by atoms with van der Waals surface area (Å²) in [4.78, 5) is 25.5. The minimum absolute atomic E-state index is 0.221. The van der Waals surface area contributed by atoms with Crippen LogP contribution in [0.25, 0.3) is 0 Å². The highest BCUT2D eigenvalue weighted by molar-refractivity contribution is 6.33. The Balaban J connectivity index is 1.55. The minimum Gasteiger partial charge on any atom is -0.373 e. The molecular weight excluding hydrogens is 342 g/mol. The molecule has 1 aromatic heterocycles. The van der Waals surface area contributed by atoms with Crippen molar-refractivity contribution in [2.45, 2.75) is 38.9 Å². The van der Waals surface area contributed by atoms with Gasteiger partial charge in [0, 0.05) is 39.3 Å². The Bertz CT molecular complexity index is 599. The molecule has 1 aromatic rings. The van der Waals surface area contributed by atoms with Gasteiger partial charge in [0.1, 0.15) is 0 Å². The Morgan fingerprint density at radius 3 is 2.68 bits per heavy atom. The molecule has 0 bridgehead atoms. The van der Waals surface area contributed by atoms with Crippen molar-refractivity contribution in [1.29, 1.82) is 0 Å². The lowest BCUT2D eigenvalue weighted by molar-refractivity contribution is -0.0672. The predicted octanol–water partition coefficient (Wildman–Crippen LogP) is 1.57. The first-order valence-electron chi connectivity index (χ1n) is 8.96. The summed E-state index contributed by atoms with van der Waals surface area (Å²) < 4.78 is 5.72. The van der Waals surface area contributed by atoms with E-state index in [0.29, 0.717) is 12.5 Å². The zero-order valence-electron chi connectivity index (χ0n) is 14.9. The van der Waals surface area contributed by atoms with Crippen LogP contribution in [0, 0.1) is 0 Å². The lowest BCUT2D eigenvalue weighted by Gasteiger charge is -2.35. The van der Waals surface area contributed by atoms with Crippen LogP contribution in [0.4, 0.5) is 5.95 Å². The van der Waals surface area contributed by atoms with Gasteiger partial charge in [-0.3, -0.25) is 9.69 Å². The van der Waals surface area contributed by atoms with Crippen molar-refractivity contribution < 1.29 is 9.53 Å². The van der Waals surface area contributed by atoms with Crippen LogP contribution in [0.3, 0.4) is 0 Å². The second kappa shape index (κ2) is 8.29. The largest absolute Gasteiger partial charge is 0.373 e. The summed E-state index contributed by atoms with van der Waals surface area (Å²) in [5.41, 5.74) is 0.252. The van der Waals surface area contributed by atoms with Gasteiger partial charge in [0.2, 0.25) is 5.95 Å². The number of nitrogens with one attached hydrogen (secondary N) is 1. The van der Waals surface area contributed by atoms with Gasteiger partial charge in [0.15, 0.2) is 5.69 Å². The normalized spacial score (nSPS) is 24.5. The lowest BCUT2D eigenvalue weighted by atomic mass is 10.2. The number of aromatic nitrogens is 2. The molecule has 1 amide bonds. The van der Waals surface area contributed by atoms with Crippen LogP contribution in [0.5, 0.6) is 0 Å². The highest BCUT2D eigenvalue weighted by Gasteiger charge is 2.23. The van der Waals surface area contributed by atoms with E-state index in [-0.39, 0.29) is 28.8 Å². The first kappa shape index (κ1) is 18.4. The Labute approximate surface area is 153 Å². The maximum absolute atomic E-state index is 12.5. The van der Waals surface area contributed by atoms with E-state index >= 15 is 0 Å². The van der Waals surface area contributed by atoms with Crippen LogP contribution in [-0.4, -0.2) is 72.3 Å². The highest BCUT2D eigenvalue weighted by Crippen LogP contribution is 2.19. The molecule has 2 aliphatic rings. The van der Waals surface area contributed by atoms with Crippen molar-refractivity contribution in [1.82, 2.24) is 20.2 Å². The Morgan fingerprint density at radius 2 is 2.00 bits per heavy atom. The molecule has 0 saturated carbocycles. The molecule has 2 fully saturated rings. The first-order chi connectivity index (χ1) is 12.0. The number of morpholine rings is 1. The van der Waals surface area contributed by atoms with E-state index in [4.69, 9.17) is 16.3 Å². The third kappa shape index (κ3) is 4.80. The van der Waals surface area contributed by atoms with Gasteiger partial charge in [-0.05, 0) is 26.7 Å². The fraction of sp³-hybridized carbons (Fsp3) is 0.706. The smallest absolute Gasteiger partial charge is 0.271 e. The van der Waals surface area contributed by atoms with Gasteiger partial charge in [-0.2, -0.15) is 0 Å². The van der Waals surface area contributed by atoms with Crippen LogP contribution in [-0.2, 0) is 4.74 Å². The number of anilines is 1. The molecule has 0 aliphatic carbocycles. The molecule has 3 heterocycles. The number of amides is 1. The van der Waals surface area contributed by atoms with E-state index in [9.17, 15) is 4.79 Å². The zero-order chi connectivity index (χ0) is 17.8. The molecule has 8 heteroatoms. The molecule has 0 radical (unpaired) electrons. The van der Waals surface area contributed by atoms with E-state index in [1.165, 1.54) is 6.20 Å². The van der Waals surface area contributed by atoms with Crippen molar-refractivity contribution in [3.05, 3.63) is 16.9 Å². The number of rotatable bonds is 5. The monoisotopic (exact) mass is 367 g/mol. The number of halogens is 1. The predicted molar refractivity (Wildman–Crippen MR) is 97.3 cm³/mol. The quantitative estimate of drug-likeness (QED) is 0.851. The van der Waals surface area contributed by atoms with E-state index in [1.807, 2.05) is 0 Å². The molecule has 1 N–H and O–H groups in total. The highest BCUT2D eigenvalue weighted by atomic mass is 35.5. The van der Waals surface area contributed by atoms with E-state index in [2.05, 4.69) is 38.9 Å². The van der Waals surface area contributed by atoms with Gasteiger partial charge in [0.25, 0.3) is 5.91 Å². The third-order valence-electron chi connectivity index (χ3n) is 4.54. The van der Waals surface area contributed by atoms with Crippen molar-refractivity contribution in [3.63, 3.8) is 0 Å². The van der Waals surface area contributed by atoms with Gasteiger partial charge < -0.3 is 15.0 Å². The van der Waals surface area contributed by atoms with E-state index in [1.54, 1.807) is 0 Å². The summed E-state index contributed by atoms with van der Waals surface area (Å²) in [6.45, 7) is 9.10. The fourth-order valence-corrected chi connectivity index (χ4v) is 3.64. The van der Waals surface area contributed by atoms with Gasteiger partial charge in [-0.1, -0.05) is 11.6 Å². The maximum Gasteiger partial charge on any atom is 0.271 e. The minimum atomic E-state index is -0.248. The SMILES string of the molecule is C[C@@H]1CN(CCNC(=O)c2nc(N3CCCC3)ncc2Cl)C[C@H](C)O1. The molecule has 138 valence electrons. The number of ether oxygens (including phenoxy) is 1. The molecule has 2 aliphatic heterocycles. The van der Waals surface area contributed by atoms with Crippen LogP contribution >= 0.6 is 11.6 Å². The average Bonchev–Trinajstić information content (AvgIpc) is 3.08. The average molecular weight is 368 g/mol. The molecule has 2 atom stereocenters. The summed E-state index contributed by atoms with van der Waals surface area (Å²) in [6.07, 6.45) is 4.22. The molecule has 0 unspecified atom stereocenters. The Hall–Kier alpha value is -1.44. The topological polar surface area (TPSA) is 70.6 Å². The number of carbonyl (C=O) groups is 1. The molecule has 0 spiro atoms. The standard InChI is InChI=1S/C17H26ClN5O2/c1-12-10-22(11-13(2)25-12)8-5-19-16(24)15-14(18)9-20-17(21-15)23-6-3-4-7-23/h9,12-13H,3-8,10-11H2,1-2H3,(H,19,24)/t12-,13+. The van der Waals surface area contributed by atoms with Crippen LogP contribution < -0.4 is 10.2 Å². The van der Waals surface area contributed by atoms with Crippen molar-refractivity contribution in [2.24, 2.45) is 0 Å². The van der Waals surface area contributed by atoms with Crippen molar-refractivity contribution in [3.8, 4) is 0 Å². The number of carbonyl (C=O) groups excluding carboxylic acids is 1. The fourth-order valence-electron chi connectivity index (χ4n) is 3.46. The summed E-state index contributed by atoms with van der Waals surface area (Å²) in [5, 5.41) is 3.21. The summed E-state index contributed by atoms with van der Waals surface area (Å²) >= 11 is 6.13. The second-order valence-corrected chi connectivity index (χ2v) is 7.24. The number of nitrogens with zero attached hydrogens (tertiary/aromatic N) is 4. The van der Waals surface area contributed by atoms with Gasteiger partial charge in [-0.25, -0.2) is 9.97 Å². The van der Waals surface area contributed by atoms with Gasteiger partial charge >= 0.3 is 0 Å². The van der Waals surface area contributed by atoms with Crippen LogP contribution in [0.15, 0.2) is 6.20 Å². The first-order valence-corrected chi connectivity index (χ1v) is 9.34. The molecular formula is C17H26ClN5O2. The molecule has 7 nitrogen and oxygen atoms in total. The van der Waals surface area contributed by atoms with E-state index < -0.39 is 0 Å². The van der Waals surface area contributed by atoms with Crippen LogP contribution in [0.2, 0.25) is 5.02 Å². The van der Waals surface area contributed by atoms with Crippen molar-refractivity contribution >= 4 is 23.5 Å². The molecule has 25 heavy (non-hydrogen) atoms.